The van der Waals surface area contributed by atoms with E-state index in [0.29, 0.717) is 10.7 Å². The normalized spacial score (nSPS) is 14.6. The third kappa shape index (κ3) is 5.00. The van der Waals surface area contributed by atoms with Crippen molar-refractivity contribution < 1.29 is 23.9 Å². The Kier molecular flexibility index (Phi) is 6.29. The molecule has 0 radical (unpaired) electrons. The molecule has 2 aromatic carbocycles. The molecule has 1 atom stereocenters. The number of hydrogen-bond acceptors (Lipinski definition) is 5. The average Bonchev–Trinajstić information content (AvgIpc) is 3.04. The third-order valence-corrected chi connectivity index (χ3v) is 4.71. The summed E-state index contributed by atoms with van der Waals surface area (Å²) in [5.74, 6) is -1.66. The molecule has 150 valence electrons. The molecule has 1 saturated heterocycles. The van der Waals surface area contributed by atoms with E-state index in [2.05, 4.69) is 5.32 Å². The molecule has 29 heavy (non-hydrogen) atoms. The lowest BCUT2D eigenvalue weighted by Crippen LogP contribution is -2.31. The molecule has 0 saturated carbocycles. The van der Waals surface area contributed by atoms with Crippen LogP contribution in [0, 0.1) is 0 Å². The van der Waals surface area contributed by atoms with Gasteiger partial charge in [0.05, 0.1) is 17.3 Å². The first-order valence-corrected chi connectivity index (χ1v) is 9.41. The number of nitrogens with zero attached hydrogens (tertiary/aromatic N) is 1. The summed E-state index contributed by atoms with van der Waals surface area (Å²) in [6, 6.07) is 12.7. The zero-order valence-electron chi connectivity index (χ0n) is 15.7. The minimum atomic E-state index is -0.679. The number of imide groups is 1. The molecule has 1 aliphatic heterocycles. The summed E-state index contributed by atoms with van der Waals surface area (Å²) in [7, 11) is 0. The molecule has 1 aliphatic rings. The topological polar surface area (TPSA) is 92.8 Å². The molecular formula is C21H19ClN2O5. The zero-order valence-corrected chi connectivity index (χ0v) is 16.4. The van der Waals surface area contributed by atoms with E-state index in [0.717, 1.165) is 10.5 Å². The molecule has 1 heterocycles. The number of esters is 1. The van der Waals surface area contributed by atoms with Gasteiger partial charge in [0.2, 0.25) is 11.8 Å². The Morgan fingerprint density at radius 1 is 1.10 bits per heavy atom. The van der Waals surface area contributed by atoms with Crippen molar-refractivity contribution in [2.24, 2.45) is 0 Å². The standard InChI is InChI=1S/C21H19ClN2O5/c1-13(15-3-2-4-16(22)11-15)23-18(25)12-29-21(28)14-5-7-17(8-6-14)24-19(26)9-10-20(24)27/h2-8,11,13H,9-10,12H2,1H3,(H,23,25)/t13-/m0/s1. The van der Waals surface area contributed by atoms with E-state index in [-0.39, 0.29) is 36.3 Å². The van der Waals surface area contributed by atoms with Gasteiger partial charge in [-0.15, -0.1) is 0 Å². The van der Waals surface area contributed by atoms with Crippen LogP contribution in [-0.4, -0.2) is 30.3 Å². The predicted molar refractivity (Wildman–Crippen MR) is 106 cm³/mol. The molecule has 1 N–H and O–H groups in total. The fourth-order valence-corrected chi connectivity index (χ4v) is 3.17. The lowest BCUT2D eigenvalue weighted by molar-refractivity contribution is -0.125. The molecule has 0 spiro atoms. The van der Waals surface area contributed by atoms with Crippen LogP contribution in [0.2, 0.25) is 5.02 Å². The summed E-state index contributed by atoms with van der Waals surface area (Å²) >= 11 is 5.94. The lowest BCUT2D eigenvalue weighted by atomic mass is 10.1. The van der Waals surface area contributed by atoms with Crippen molar-refractivity contribution in [3.63, 3.8) is 0 Å². The van der Waals surface area contributed by atoms with Crippen LogP contribution in [0.15, 0.2) is 48.5 Å². The quantitative estimate of drug-likeness (QED) is 0.579. The molecular weight excluding hydrogens is 396 g/mol. The Morgan fingerprint density at radius 2 is 1.76 bits per heavy atom. The second kappa shape index (κ2) is 8.87. The van der Waals surface area contributed by atoms with Crippen molar-refractivity contribution >= 4 is 41.0 Å². The molecule has 3 amide bonds. The molecule has 0 bridgehead atoms. The minimum Gasteiger partial charge on any atom is -0.452 e. The maximum atomic E-state index is 12.1. The fraction of sp³-hybridized carbons (Fsp3) is 0.238. The first kappa shape index (κ1) is 20.5. The first-order valence-electron chi connectivity index (χ1n) is 9.03. The molecule has 8 heteroatoms. The van der Waals surface area contributed by atoms with Crippen molar-refractivity contribution in [1.29, 1.82) is 0 Å². The molecule has 0 aliphatic carbocycles. The molecule has 2 aromatic rings. The molecule has 7 nitrogen and oxygen atoms in total. The van der Waals surface area contributed by atoms with E-state index in [9.17, 15) is 19.2 Å². The zero-order chi connectivity index (χ0) is 21.0. The average molecular weight is 415 g/mol. The van der Waals surface area contributed by atoms with Gasteiger partial charge in [-0.05, 0) is 48.9 Å². The van der Waals surface area contributed by atoms with Crippen LogP contribution in [0.25, 0.3) is 0 Å². The number of hydrogen-bond donors (Lipinski definition) is 1. The number of amides is 3. The predicted octanol–water partition coefficient (Wildman–Crippen LogP) is 3.03. The highest BCUT2D eigenvalue weighted by Gasteiger charge is 2.30. The van der Waals surface area contributed by atoms with Gasteiger partial charge >= 0.3 is 5.97 Å². The highest BCUT2D eigenvalue weighted by molar-refractivity contribution is 6.30. The van der Waals surface area contributed by atoms with Gasteiger partial charge in [-0.25, -0.2) is 4.79 Å². The third-order valence-electron chi connectivity index (χ3n) is 4.47. The lowest BCUT2D eigenvalue weighted by Gasteiger charge is -2.15. The largest absolute Gasteiger partial charge is 0.452 e. The number of halogens is 1. The Balaban J connectivity index is 1.53. The van der Waals surface area contributed by atoms with Crippen molar-refractivity contribution in [2.75, 3.05) is 11.5 Å². The summed E-state index contributed by atoms with van der Waals surface area (Å²) < 4.78 is 5.03. The van der Waals surface area contributed by atoms with Crippen molar-refractivity contribution in [3.8, 4) is 0 Å². The van der Waals surface area contributed by atoms with Gasteiger partial charge in [-0.3, -0.25) is 19.3 Å². The number of anilines is 1. The van der Waals surface area contributed by atoms with Crippen molar-refractivity contribution in [2.45, 2.75) is 25.8 Å². The fourth-order valence-electron chi connectivity index (χ4n) is 2.97. The summed E-state index contributed by atoms with van der Waals surface area (Å²) in [5.41, 5.74) is 1.45. The maximum Gasteiger partial charge on any atom is 0.338 e. The van der Waals surface area contributed by atoms with E-state index in [1.165, 1.54) is 24.3 Å². The summed E-state index contributed by atoms with van der Waals surface area (Å²) in [6.45, 7) is 1.36. The Morgan fingerprint density at radius 3 is 2.38 bits per heavy atom. The second-order valence-electron chi connectivity index (χ2n) is 6.59. The summed E-state index contributed by atoms with van der Waals surface area (Å²) in [5, 5.41) is 3.30. The highest BCUT2D eigenvalue weighted by atomic mass is 35.5. The Hall–Kier alpha value is -3.19. The van der Waals surface area contributed by atoms with Gasteiger partial charge < -0.3 is 10.1 Å². The Bertz CT molecular complexity index is 942. The molecule has 1 fully saturated rings. The van der Waals surface area contributed by atoms with Crippen LogP contribution in [0.5, 0.6) is 0 Å². The molecule has 3 rings (SSSR count). The number of carbonyl (C=O) groups is 4. The van der Waals surface area contributed by atoms with Gasteiger partial charge in [-0.2, -0.15) is 0 Å². The van der Waals surface area contributed by atoms with Crippen LogP contribution in [0.4, 0.5) is 5.69 Å². The second-order valence-corrected chi connectivity index (χ2v) is 7.03. The first-order chi connectivity index (χ1) is 13.8. The number of benzene rings is 2. The van der Waals surface area contributed by atoms with Crippen LogP contribution in [-0.2, 0) is 19.1 Å². The van der Waals surface area contributed by atoms with Crippen molar-refractivity contribution in [3.05, 3.63) is 64.7 Å². The van der Waals surface area contributed by atoms with Gasteiger partial charge in [0.15, 0.2) is 6.61 Å². The summed E-state index contributed by atoms with van der Waals surface area (Å²) in [6.07, 6.45) is 0.372. The maximum absolute atomic E-state index is 12.1. The molecule has 0 aromatic heterocycles. The number of rotatable bonds is 6. The minimum absolute atomic E-state index is 0.186. The number of carbonyl (C=O) groups excluding carboxylic acids is 4. The van der Waals surface area contributed by atoms with E-state index in [4.69, 9.17) is 16.3 Å². The van der Waals surface area contributed by atoms with Gasteiger partial charge in [0, 0.05) is 17.9 Å². The molecule has 0 unspecified atom stereocenters. The number of ether oxygens (including phenoxy) is 1. The van der Waals surface area contributed by atoms with Crippen LogP contribution >= 0.6 is 11.6 Å². The van der Waals surface area contributed by atoms with Crippen molar-refractivity contribution in [1.82, 2.24) is 5.32 Å². The van der Waals surface area contributed by atoms with E-state index in [1.807, 2.05) is 6.07 Å². The van der Waals surface area contributed by atoms with Crippen LogP contribution in [0.1, 0.15) is 41.7 Å². The van der Waals surface area contributed by atoms with Gasteiger partial charge in [-0.1, -0.05) is 23.7 Å². The van der Waals surface area contributed by atoms with Crippen LogP contribution < -0.4 is 10.2 Å². The Labute approximate surface area is 172 Å². The van der Waals surface area contributed by atoms with Gasteiger partial charge in [0.25, 0.3) is 5.91 Å². The van der Waals surface area contributed by atoms with Crippen LogP contribution in [0.3, 0.4) is 0 Å². The van der Waals surface area contributed by atoms with E-state index in [1.54, 1.807) is 25.1 Å². The smallest absolute Gasteiger partial charge is 0.338 e. The van der Waals surface area contributed by atoms with E-state index >= 15 is 0 Å². The highest BCUT2D eigenvalue weighted by Crippen LogP contribution is 2.23. The van der Waals surface area contributed by atoms with Gasteiger partial charge in [0.1, 0.15) is 0 Å². The van der Waals surface area contributed by atoms with E-state index < -0.39 is 18.5 Å². The summed E-state index contributed by atoms with van der Waals surface area (Å²) in [4.78, 5) is 48.8. The SMILES string of the molecule is C[C@H](NC(=O)COC(=O)c1ccc(N2C(=O)CCC2=O)cc1)c1cccc(Cl)c1. The monoisotopic (exact) mass is 414 g/mol. The number of nitrogens with one attached hydrogen (secondary N) is 1.